The summed E-state index contributed by atoms with van der Waals surface area (Å²) in [5.41, 5.74) is 0.00699. The van der Waals surface area contributed by atoms with Crippen molar-refractivity contribution in [1.82, 2.24) is 9.24 Å². The Morgan fingerprint density at radius 2 is 2.25 bits per heavy atom. The molecule has 9 nitrogen and oxygen atoms in total. The Morgan fingerprint density at radius 3 is 2.79 bits per heavy atom. The molecule has 0 N–H and O–H groups in total. The van der Waals surface area contributed by atoms with Gasteiger partial charge in [-0.2, -0.15) is 0 Å². The van der Waals surface area contributed by atoms with Crippen molar-refractivity contribution in [3.05, 3.63) is 28.6 Å². The summed E-state index contributed by atoms with van der Waals surface area (Å²) in [4.78, 5) is 14.6. The van der Waals surface area contributed by atoms with Crippen LogP contribution < -0.4 is 0 Å². The molecule has 0 aliphatic carbocycles. The number of hydrogen-bond donors (Lipinski definition) is 0. The third-order valence-electron chi connectivity index (χ3n) is 4.29. The van der Waals surface area contributed by atoms with Gasteiger partial charge in [0, 0.05) is 38.7 Å². The third-order valence-corrected chi connectivity index (χ3v) is 6.32. The van der Waals surface area contributed by atoms with Gasteiger partial charge in [0.25, 0.3) is 5.69 Å². The third kappa shape index (κ3) is 5.73. The fraction of sp³-hybridized carbons (Fsp3) is 0.722. The second-order valence-corrected chi connectivity index (χ2v) is 8.46. The lowest BCUT2D eigenvalue weighted by atomic mass is 10.2. The van der Waals surface area contributed by atoms with Gasteiger partial charge in [0.1, 0.15) is 6.23 Å². The molecule has 2 rings (SSSR count). The van der Waals surface area contributed by atoms with E-state index in [1.54, 1.807) is 10.8 Å². The summed E-state index contributed by atoms with van der Waals surface area (Å²) in [6.07, 6.45) is 3.74. The average Bonchev–Trinajstić information content (AvgIpc) is 3.28. The van der Waals surface area contributed by atoms with Gasteiger partial charge < -0.3 is 18.4 Å². The van der Waals surface area contributed by atoms with Gasteiger partial charge in [-0.1, -0.05) is 0 Å². The first-order chi connectivity index (χ1) is 13.8. The van der Waals surface area contributed by atoms with Gasteiger partial charge in [0.15, 0.2) is 6.40 Å². The van der Waals surface area contributed by atoms with Crippen LogP contribution in [0.4, 0.5) is 5.69 Å². The molecule has 10 heteroatoms. The largest absolute Gasteiger partial charge is 0.425 e. The summed E-state index contributed by atoms with van der Waals surface area (Å²) >= 11 is 0. The van der Waals surface area contributed by atoms with Crippen LogP contribution in [0.15, 0.2) is 23.5 Å². The molecule has 158 valence electrons. The van der Waals surface area contributed by atoms with E-state index in [9.17, 15) is 10.1 Å². The minimum atomic E-state index is -1.45. The predicted molar refractivity (Wildman–Crippen MR) is 109 cm³/mol. The van der Waals surface area contributed by atoms with Gasteiger partial charge in [-0.05, 0) is 41.5 Å². The lowest BCUT2D eigenvalue weighted by molar-refractivity contribution is -0.384. The Labute approximate surface area is 169 Å². The zero-order valence-corrected chi connectivity index (χ0v) is 18.0. The Bertz CT molecular complexity index is 679. The summed E-state index contributed by atoms with van der Waals surface area (Å²) in [5.74, 6) is 0. The highest BCUT2D eigenvalue weighted by Gasteiger charge is 2.39. The van der Waals surface area contributed by atoms with Gasteiger partial charge >= 0.3 is 8.53 Å². The van der Waals surface area contributed by atoms with Gasteiger partial charge in [0.05, 0.1) is 23.3 Å². The molecule has 28 heavy (non-hydrogen) atoms. The quantitative estimate of drug-likeness (QED) is 0.184. The van der Waals surface area contributed by atoms with Crippen LogP contribution in [0.5, 0.6) is 0 Å². The molecule has 0 radical (unpaired) electrons. The fourth-order valence-corrected chi connectivity index (χ4v) is 4.68. The molecule has 1 aliphatic heterocycles. The first kappa shape index (κ1) is 21.2. The molecular formula is C18H31N4O5P. The highest BCUT2D eigenvalue weighted by molar-refractivity contribution is 7.45. The van der Waals surface area contributed by atoms with E-state index in [2.05, 4.69) is 37.4 Å². The molecule has 1 saturated heterocycles. The summed E-state index contributed by atoms with van der Waals surface area (Å²) in [7, 11) is -1.45. The molecular weight excluding hydrogens is 383 g/mol. The lowest BCUT2D eigenvalue weighted by Gasteiger charge is -2.36. The predicted octanol–water partition coefficient (Wildman–Crippen LogP) is 4.50. The zero-order chi connectivity index (χ0) is 21.6. The molecule has 1 aromatic heterocycles. The fourth-order valence-electron chi connectivity index (χ4n) is 3.06. The van der Waals surface area contributed by atoms with Gasteiger partial charge in [-0.3, -0.25) is 15.1 Å². The maximum absolute atomic E-state index is 11.0. The Kier molecular flexibility index (Phi) is 7.79. The van der Waals surface area contributed by atoms with Crippen LogP contribution in [-0.4, -0.2) is 51.4 Å². The topological polar surface area (TPSA) is 91.4 Å². The van der Waals surface area contributed by atoms with E-state index >= 15 is 0 Å². The van der Waals surface area contributed by atoms with Crippen molar-refractivity contribution in [2.75, 3.05) is 6.54 Å². The molecule has 1 aliphatic rings. The van der Waals surface area contributed by atoms with E-state index in [-0.39, 0.29) is 30.8 Å². The average molecular weight is 415 g/mol. The lowest BCUT2D eigenvalue weighted by Crippen LogP contribution is -2.35. The minimum absolute atomic E-state index is 0.00699. The molecule has 0 saturated carbocycles. The van der Waals surface area contributed by atoms with Crippen molar-refractivity contribution in [2.45, 2.75) is 78.5 Å². The monoisotopic (exact) mass is 415 g/mol. The molecule has 4 atom stereocenters. The van der Waals surface area contributed by atoms with Crippen LogP contribution in [0.1, 0.15) is 55.5 Å². The molecule has 0 amide bonds. The highest BCUT2D eigenvalue weighted by Crippen LogP contribution is 2.49. The van der Waals surface area contributed by atoms with E-state index in [1.165, 1.54) is 18.7 Å². The first-order valence-electron chi connectivity index (χ1n) is 10.2. The Balaban J connectivity index is 2.16. The van der Waals surface area contributed by atoms with Crippen molar-refractivity contribution in [3.8, 4) is 0 Å². The van der Waals surface area contributed by atoms with Crippen molar-refractivity contribution in [3.63, 3.8) is 0 Å². The number of rotatable bonds is 10. The van der Waals surface area contributed by atoms with Crippen LogP contribution >= 0.6 is 8.53 Å². The van der Waals surface area contributed by atoms with Crippen molar-refractivity contribution >= 4 is 20.6 Å². The summed E-state index contributed by atoms with van der Waals surface area (Å²) in [6, 6.07) is 1.82. The number of nitrogens with zero attached hydrogens (tertiary/aromatic N) is 4. The highest BCUT2D eigenvalue weighted by atomic mass is 31.2. The van der Waals surface area contributed by atoms with Gasteiger partial charge in [0.2, 0.25) is 0 Å². The van der Waals surface area contributed by atoms with Crippen LogP contribution in [0.2, 0.25) is 0 Å². The Morgan fingerprint density at radius 1 is 1.54 bits per heavy atom. The minimum Gasteiger partial charge on any atom is -0.425 e. The number of nitro groups is 1. The number of aromatic nitrogens is 1. The van der Waals surface area contributed by atoms with E-state index in [1.807, 2.05) is 6.92 Å². The second-order valence-electron chi connectivity index (χ2n) is 7.10. The summed E-state index contributed by atoms with van der Waals surface area (Å²) in [5, 5.41) is 11.0. The van der Waals surface area contributed by atoms with Gasteiger partial charge in [-0.25, -0.2) is 4.67 Å². The smallest absolute Gasteiger partial charge is 0.322 e. The van der Waals surface area contributed by atoms with E-state index in [0.29, 0.717) is 13.0 Å². The maximum Gasteiger partial charge on any atom is 0.322 e. The Hall–Kier alpha value is -1.54. The van der Waals surface area contributed by atoms with Crippen molar-refractivity contribution in [1.29, 1.82) is 0 Å². The van der Waals surface area contributed by atoms with E-state index < -0.39 is 25.8 Å². The van der Waals surface area contributed by atoms with E-state index in [4.69, 9.17) is 15.2 Å². The molecule has 0 spiro atoms. The van der Waals surface area contributed by atoms with Crippen LogP contribution in [0, 0.1) is 10.1 Å². The van der Waals surface area contributed by atoms with Crippen LogP contribution in [0.3, 0.4) is 0 Å². The molecule has 2 heterocycles. The standard InChI is InChI=1S/C18H31N4O5P/c1-7-19-12-25-28(21(13(2)3)14(4)5)27-17-10-18(26-15(17)6)20-9-8-16(11-20)22(23)24/h8-9,11-15,17-18H,7,10H2,1-6H3/i6D. The normalized spacial score (nSPS) is 24.4. The van der Waals surface area contributed by atoms with Crippen molar-refractivity contribution < 1.29 is 20.1 Å². The summed E-state index contributed by atoms with van der Waals surface area (Å²) < 4.78 is 29.8. The van der Waals surface area contributed by atoms with Crippen LogP contribution in [0.25, 0.3) is 0 Å². The summed E-state index contributed by atoms with van der Waals surface area (Å²) in [6.45, 7) is 10.9. The number of ether oxygens (including phenoxy) is 1. The molecule has 1 aromatic rings. The second kappa shape index (κ2) is 10.3. The molecule has 1 fully saturated rings. The molecule has 4 unspecified atom stereocenters. The van der Waals surface area contributed by atoms with Gasteiger partial charge in [-0.15, -0.1) is 0 Å². The first-order valence-corrected chi connectivity index (χ1v) is 10.6. The maximum atomic E-state index is 11.0. The van der Waals surface area contributed by atoms with Crippen molar-refractivity contribution in [2.24, 2.45) is 4.99 Å². The zero-order valence-electron chi connectivity index (χ0n) is 18.1. The molecule has 0 bridgehead atoms. The van der Waals surface area contributed by atoms with E-state index in [0.717, 1.165) is 0 Å². The van der Waals surface area contributed by atoms with Crippen LogP contribution in [-0.2, 0) is 13.8 Å². The number of hydrogen-bond acceptors (Lipinski definition) is 7. The number of aliphatic imine (C=N–C) groups is 1. The molecule has 0 aromatic carbocycles. The SMILES string of the molecule is [2H]CC1OC(n2ccc([N+](=O)[O-])c2)CC1OP(OC=NCC)N(C(C)C)C(C)C.